The Labute approximate surface area is 212 Å². The molecule has 190 valence electrons. The summed E-state index contributed by atoms with van der Waals surface area (Å²) in [7, 11) is 2.97. The Balaban J connectivity index is 1.66. The third-order valence-electron chi connectivity index (χ3n) is 7.21. The van der Waals surface area contributed by atoms with Crippen LogP contribution in [0.4, 0.5) is 10.1 Å². The van der Waals surface area contributed by atoms with E-state index < -0.39 is 47.0 Å². The van der Waals surface area contributed by atoms with E-state index in [-0.39, 0.29) is 12.1 Å². The number of halogens is 1. The zero-order valence-electron chi connectivity index (χ0n) is 20.2. The molecule has 9 heteroatoms. The average Bonchev–Trinajstić information content (AvgIpc) is 3.38. The number of aliphatic carboxylic acids is 1. The van der Waals surface area contributed by atoms with Crippen molar-refractivity contribution in [3.63, 3.8) is 0 Å². The molecule has 2 N–H and O–H groups in total. The number of carboxylic acid groups (broad SMARTS) is 1. The van der Waals surface area contributed by atoms with Gasteiger partial charge in [0.1, 0.15) is 11.4 Å². The number of rotatable bonds is 7. The first-order valence-corrected chi connectivity index (χ1v) is 11.7. The van der Waals surface area contributed by atoms with E-state index in [1.807, 2.05) is 6.07 Å². The highest BCUT2D eigenvalue weighted by atomic mass is 19.1. The van der Waals surface area contributed by atoms with Crippen LogP contribution in [0.3, 0.4) is 0 Å². The number of benzene rings is 3. The Morgan fingerprint density at radius 3 is 2.27 bits per heavy atom. The molecule has 2 fully saturated rings. The van der Waals surface area contributed by atoms with E-state index in [0.717, 1.165) is 17.0 Å². The summed E-state index contributed by atoms with van der Waals surface area (Å²) in [6.07, 6.45) is -0.0234. The van der Waals surface area contributed by atoms with Crippen molar-refractivity contribution < 1.29 is 33.4 Å². The number of anilines is 1. The Kier molecular flexibility index (Phi) is 6.16. The van der Waals surface area contributed by atoms with Gasteiger partial charge in [-0.1, -0.05) is 36.4 Å². The van der Waals surface area contributed by atoms with Gasteiger partial charge < -0.3 is 14.6 Å². The predicted molar refractivity (Wildman–Crippen MR) is 132 cm³/mol. The van der Waals surface area contributed by atoms with Gasteiger partial charge in [-0.15, -0.1) is 0 Å². The van der Waals surface area contributed by atoms with Crippen LogP contribution in [-0.2, 0) is 20.8 Å². The van der Waals surface area contributed by atoms with Crippen LogP contribution in [0.15, 0.2) is 72.8 Å². The predicted octanol–water partition coefficient (Wildman–Crippen LogP) is 3.36. The van der Waals surface area contributed by atoms with E-state index in [9.17, 15) is 23.9 Å². The molecule has 0 saturated carbocycles. The average molecular weight is 505 g/mol. The quantitative estimate of drug-likeness (QED) is 0.476. The van der Waals surface area contributed by atoms with Crippen molar-refractivity contribution >= 4 is 23.5 Å². The molecule has 37 heavy (non-hydrogen) atoms. The lowest BCUT2D eigenvalue weighted by atomic mass is 9.76. The summed E-state index contributed by atoms with van der Waals surface area (Å²) in [5, 5.41) is 13.8. The summed E-state index contributed by atoms with van der Waals surface area (Å²) in [6.45, 7) is 0. The minimum absolute atomic E-state index is 0.0234. The van der Waals surface area contributed by atoms with Crippen LogP contribution < -0.4 is 19.7 Å². The number of amides is 2. The van der Waals surface area contributed by atoms with Gasteiger partial charge in [-0.3, -0.25) is 19.7 Å². The fraction of sp³-hybridized carbons (Fsp3) is 0.250. The molecule has 2 aliphatic heterocycles. The largest absolute Gasteiger partial charge is 0.493 e. The number of carboxylic acids is 1. The lowest BCUT2D eigenvalue weighted by Crippen LogP contribution is -2.57. The molecule has 0 radical (unpaired) electrons. The van der Waals surface area contributed by atoms with Crippen molar-refractivity contribution in [2.75, 3.05) is 19.1 Å². The van der Waals surface area contributed by atoms with Crippen molar-refractivity contribution in [2.45, 2.75) is 18.0 Å². The van der Waals surface area contributed by atoms with Gasteiger partial charge in [-0.2, -0.15) is 0 Å². The second-order valence-corrected chi connectivity index (χ2v) is 9.17. The van der Waals surface area contributed by atoms with E-state index in [0.29, 0.717) is 22.6 Å². The number of fused-ring (bicyclic) bond motifs is 1. The van der Waals surface area contributed by atoms with Crippen LogP contribution >= 0.6 is 0 Å². The number of ether oxygens (including phenoxy) is 2. The summed E-state index contributed by atoms with van der Waals surface area (Å²) >= 11 is 0. The van der Waals surface area contributed by atoms with E-state index >= 15 is 0 Å². The molecule has 8 nitrogen and oxygen atoms in total. The number of nitrogens with one attached hydrogen (secondary N) is 1. The van der Waals surface area contributed by atoms with Crippen LogP contribution in [0.5, 0.6) is 11.5 Å². The van der Waals surface area contributed by atoms with E-state index in [1.54, 1.807) is 42.5 Å². The fourth-order valence-electron chi connectivity index (χ4n) is 5.53. The van der Waals surface area contributed by atoms with Crippen LogP contribution in [0.2, 0.25) is 0 Å². The first-order chi connectivity index (χ1) is 17.8. The molecule has 2 aliphatic rings. The molecule has 0 bridgehead atoms. The fourth-order valence-corrected chi connectivity index (χ4v) is 5.53. The van der Waals surface area contributed by atoms with Gasteiger partial charge in [0.15, 0.2) is 11.5 Å². The van der Waals surface area contributed by atoms with E-state index in [1.165, 1.54) is 26.4 Å². The van der Waals surface area contributed by atoms with E-state index in [2.05, 4.69) is 5.32 Å². The third kappa shape index (κ3) is 3.92. The van der Waals surface area contributed by atoms with Gasteiger partial charge in [-0.25, -0.2) is 9.29 Å². The minimum Gasteiger partial charge on any atom is -0.493 e. The molecular weight excluding hydrogens is 479 g/mol. The van der Waals surface area contributed by atoms with Crippen molar-refractivity contribution in [3.8, 4) is 11.5 Å². The van der Waals surface area contributed by atoms with Crippen LogP contribution in [-0.4, -0.2) is 42.6 Å². The molecular formula is C28H25FN2O6. The normalized spacial score (nSPS) is 24.7. The Morgan fingerprint density at radius 2 is 1.65 bits per heavy atom. The zero-order chi connectivity index (χ0) is 26.3. The van der Waals surface area contributed by atoms with Crippen molar-refractivity contribution in [3.05, 3.63) is 89.7 Å². The number of carbonyl (C=O) groups excluding carboxylic acids is 2. The summed E-state index contributed by atoms with van der Waals surface area (Å²) in [5.74, 6) is -4.30. The maximum absolute atomic E-state index is 13.9. The van der Waals surface area contributed by atoms with Gasteiger partial charge in [0, 0.05) is 12.5 Å². The second kappa shape index (κ2) is 9.33. The number of imide groups is 1. The lowest BCUT2D eigenvalue weighted by molar-refractivity contribution is -0.148. The molecule has 3 aromatic rings. The van der Waals surface area contributed by atoms with Gasteiger partial charge >= 0.3 is 5.97 Å². The summed E-state index contributed by atoms with van der Waals surface area (Å²) < 4.78 is 24.3. The lowest BCUT2D eigenvalue weighted by Gasteiger charge is -2.31. The standard InChI is InChI=1S/C28H25FN2O6/c1-36-20-13-8-17(14-21(20)37-2)24-22-23(26(33)31(25(22)32)19-11-9-18(29)10-12-19)28(30-24,27(34)35)15-16-6-4-3-5-7-16/h3-14,22-24,30H,15H2,1-2H3,(H,34,35). The molecule has 2 heterocycles. The van der Waals surface area contributed by atoms with Crippen LogP contribution in [0.25, 0.3) is 0 Å². The molecule has 2 saturated heterocycles. The van der Waals surface area contributed by atoms with Crippen molar-refractivity contribution in [2.24, 2.45) is 11.8 Å². The second-order valence-electron chi connectivity index (χ2n) is 9.17. The Morgan fingerprint density at radius 1 is 0.973 bits per heavy atom. The molecule has 2 amide bonds. The molecule has 0 aliphatic carbocycles. The third-order valence-corrected chi connectivity index (χ3v) is 7.21. The smallest absolute Gasteiger partial charge is 0.325 e. The highest BCUT2D eigenvalue weighted by molar-refractivity contribution is 6.24. The highest BCUT2D eigenvalue weighted by Crippen LogP contribution is 2.51. The molecule has 4 atom stereocenters. The SMILES string of the molecule is COc1ccc(C2NC(Cc3ccccc3)(C(=O)O)C3C(=O)N(c4ccc(F)cc4)C(=O)C23)cc1OC. The summed E-state index contributed by atoms with van der Waals surface area (Å²) in [6, 6.07) is 18.2. The maximum Gasteiger partial charge on any atom is 0.325 e. The van der Waals surface area contributed by atoms with Gasteiger partial charge in [0.25, 0.3) is 0 Å². The molecule has 4 unspecified atom stereocenters. The van der Waals surface area contributed by atoms with Crippen molar-refractivity contribution in [1.29, 1.82) is 0 Å². The topological polar surface area (TPSA) is 105 Å². The van der Waals surface area contributed by atoms with Crippen molar-refractivity contribution in [1.82, 2.24) is 5.32 Å². The van der Waals surface area contributed by atoms with Crippen LogP contribution in [0, 0.1) is 17.7 Å². The van der Waals surface area contributed by atoms with Gasteiger partial charge in [-0.05, 0) is 47.5 Å². The van der Waals surface area contributed by atoms with Gasteiger partial charge in [0.2, 0.25) is 11.8 Å². The highest BCUT2D eigenvalue weighted by Gasteiger charge is 2.68. The monoisotopic (exact) mass is 504 g/mol. The van der Waals surface area contributed by atoms with E-state index in [4.69, 9.17) is 9.47 Å². The van der Waals surface area contributed by atoms with Crippen LogP contribution in [0.1, 0.15) is 17.2 Å². The van der Waals surface area contributed by atoms with Gasteiger partial charge in [0.05, 0.1) is 31.7 Å². The molecule has 3 aromatic carbocycles. The number of methoxy groups -OCH3 is 2. The summed E-state index contributed by atoms with van der Waals surface area (Å²) in [5.41, 5.74) is -0.308. The Hall–Kier alpha value is -4.24. The minimum atomic E-state index is -1.77. The number of carbonyl (C=O) groups is 3. The first kappa shape index (κ1) is 24.5. The first-order valence-electron chi connectivity index (χ1n) is 11.7. The Bertz CT molecular complexity index is 1360. The number of hydrogen-bond donors (Lipinski definition) is 2. The number of hydrogen-bond acceptors (Lipinski definition) is 6. The number of nitrogens with zero attached hydrogens (tertiary/aromatic N) is 1. The molecule has 0 aromatic heterocycles. The zero-order valence-corrected chi connectivity index (χ0v) is 20.2. The molecule has 5 rings (SSSR count). The summed E-state index contributed by atoms with van der Waals surface area (Å²) in [4.78, 5) is 41.6. The maximum atomic E-state index is 13.9. The molecule has 0 spiro atoms.